The summed E-state index contributed by atoms with van der Waals surface area (Å²) < 4.78 is 27.6. The molecule has 1 aromatic carbocycles. The van der Waals surface area contributed by atoms with Crippen molar-refractivity contribution in [2.45, 2.75) is 32.1 Å². The first-order valence-corrected chi connectivity index (χ1v) is 10.6. The van der Waals surface area contributed by atoms with Gasteiger partial charge in [-0.1, -0.05) is 31.5 Å². The smallest absolute Gasteiger partial charge is 0.263 e. The molecule has 0 fully saturated rings. The Morgan fingerprint density at radius 3 is 2.67 bits per heavy atom. The molecule has 0 amide bonds. The molecule has 0 spiro atoms. The fraction of sp³-hybridized carbons (Fsp3) is 0.438. The molecule has 0 bridgehead atoms. The molecule has 0 radical (unpaired) electrons. The van der Waals surface area contributed by atoms with E-state index in [1.165, 1.54) is 11.3 Å². The van der Waals surface area contributed by atoms with Crippen LogP contribution in [0.1, 0.15) is 25.1 Å². The number of nitrogens with zero attached hydrogens (tertiary/aromatic N) is 2. The number of thiazole rings is 1. The molecule has 0 aliphatic rings. The van der Waals surface area contributed by atoms with Crippen LogP contribution in [0.2, 0.25) is 5.02 Å². The molecule has 0 saturated heterocycles. The van der Waals surface area contributed by atoms with Gasteiger partial charge < -0.3 is 4.90 Å². The van der Waals surface area contributed by atoms with Crippen LogP contribution >= 0.6 is 22.9 Å². The van der Waals surface area contributed by atoms with Crippen LogP contribution < -0.4 is 4.72 Å². The summed E-state index contributed by atoms with van der Waals surface area (Å²) in [5, 5.41) is 2.70. The largest absolute Gasteiger partial charge is 0.303 e. The van der Waals surface area contributed by atoms with Crippen LogP contribution in [0.4, 0.5) is 5.13 Å². The number of anilines is 1. The Morgan fingerprint density at radius 2 is 2.00 bits per heavy atom. The molecule has 8 heteroatoms. The lowest BCUT2D eigenvalue weighted by molar-refractivity contribution is 0.307. The minimum atomic E-state index is -3.69. The molecule has 1 heterocycles. The Labute approximate surface area is 152 Å². The molecule has 132 valence electrons. The van der Waals surface area contributed by atoms with E-state index < -0.39 is 10.0 Å². The molecule has 0 aliphatic carbocycles. The van der Waals surface area contributed by atoms with Crippen LogP contribution in [0.15, 0.2) is 28.5 Å². The Bertz CT molecular complexity index is 786. The quantitative estimate of drug-likeness (QED) is 0.748. The van der Waals surface area contributed by atoms with Gasteiger partial charge in [0.05, 0.1) is 10.6 Å². The SMILES string of the molecule is CCN(CC)CCc1csc(NS(=O)(=O)c2cccc(Cl)c2C)n1. The van der Waals surface area contributed by atoms with Gasteiger partial charge in [0, 0.05) is 23.4 Å². The summed E-state index contributed by atoms with van der Waals surface area (Å²) in [5.74, 6) is 0. The highest BCUT2D eigenvalue weighted by Gasteiger charge is 2.19. The number of likely N-dealkylation sites (N-methyl/N-ethyl adjacent to an activating group) is 1. The number of benzene rings is 1. The maximum absolute atomic E-state index is 12.5. The summed E-state index contributed by atoms with van der Waals surface area (Å²) in [6.45, 7) is 8.84. The second-order valence-electron chi connectivity index (χ2n) is 5.39. The highest BCUT2D eigenvalue weighted by molar-refractivity contribution is 7.93. The summed E-state index contributed by atoms with van der Waals surface area (Å²) in [6, 6.07) is 4.84. The van der Waals surface area contributed by atoms with Crippen LogP contribution in [-0.4, -0.2) is 37.9 Å². The van der Waals surface area contributed by atoms with Gasteiger partial charge in [-0.15, -0.1) is 11.3 Å². The Balaban J connectivity index is 2.10. The third-order valence-electron chi connectivity index (χ3n) is 3.86. The van der Waals surface area contributed by atoms with Crippen molar-refractivity contribution in [3.63, 3.8) is 0 Å². The summed E-state index contributed by atoms with van der Waals surface area (Å²) in [7, 11) is -3.69. The average Bonchev–Trinajstić information content (AvgIpc) is 2.97. The first-order chi connectivity index (χ1) is 11.4. The fourth-order valence-corrected chi connectivity index (χ4v) is 4.83. The average molecular weight is 388 g/mol. The van der Waals surface area contributed by atoms with Gasteiger partial charge in [-0.05, 0) is 37.7 Å². The molecule has 1 aromatic heterocycles. The van der Waals surface area contributed by atoms with Gasteiger partial charge in [0.15, 0.2) is 5.13 Å². The molecule has 2 rings (SSSR count). The summed E-state index contributed by atoms with van der Waals surface area (Å²) >= 11 is 7.31. The van der Waals surface area contributed by atoms with E-state index in [1.807, 2.05) is 5.38 Å². The zero-order valence-electron chi connectivity index (χ0n) is 14.0. The topological polar surface area (TPSA) is 62.3 Å². The van der Waals surface area contributed by atoms with E-state index in [-0.39, 0.29) is 4.90 Å². The van der Waals surface area contributed by atoms with Crippen molar-refractivity contribution in [2.24, 2.45) is 0 Å². The maximum Gasteiger partial charge on any atom is 0.263 e. The van der Waals surface area contributed by atoms with E-state index in [4.69, 9.17) is 11.6 Å². The van der Waals surface area contributed by atoms with Gasteiger partial charge in [-0.25, -0.2) is 13.4 Å². The van der Waals surface area contributed by atoms with E-state index in [1.54, 1.807) is 25.1 Å². The predicted octanol–water partition coefficient (Wildman–Crippen LogP) is 3.79. The number of aromatic nitrogens is 1. The van der Waals surface area contributed by atoms with Gasteiger partial charge in [0.2, 0.25) is 0 Å². The molecule has 24 heavy (non-hydrogen) atoms. The Morgan fingerprint density at radius 1 is 1.29 bits per heavy atom. The summed E-state index contributed by atoms with van der Waals surface area (Å²) in [4.78, 5) is 6.86. The lowest BCUT2D eigenvalue weighted by Crippen LogP contribution is -2.25. The molecular formula is C16H22ClN3O2S2. The van der Waals surface area contributed by atoms with Crippen LogP contribution in [0.5, 0.6) is 0 Å². The zero-order valence-corrected chi connectivity index (χ0v) is 16.4. The molecule has 0 saturated carbocycles. The van der Waals surface area contributed by atoms with Crippen molar-refractivity contribution in [2.75, 3.05) is 24.4 Å². The van der Waals surface area contributed by atoms with E-state index in [2.05, 4.69) is 28.5 Å². The third kappa shape index (κ3) is 4.69. The Hall–Kier alpha value is -1.15. The minimum Gasteiger partial charge on any atom is -0.303 e. The van der Waals surface area contributed by atoms with E-state index in [0.29, 0.717) is 15.7 Å². The zero-order chi connectivity index (χ0) is 17.7. The second-order valence-corrected chi connectivity index (χ2v) is 8.31. The maximum atomic E-state index is 12.5. The summed E-state index contributed by atoms with van der Waals surface area (Å²) in [5.41, 5.74) is 1.43. The standard InChI is InChI=1S/C16H22ClN3O2S2/c1-4-20(5-2)10-9-13-11-23-16(18-13)19-24(21,22)15-8-6-7-14(17)12(15)3/h6-8,11H,4-5,9-10H2,1-3H3,(H,18,19). The van der Waals surface area contributed by atoms with Crippen molar-refractivity contribution in [3.05, 3.63) is 39.9 Å². The van der Waals surface area contributed by atoms with Gasteiger partial charge in [0.25, 0.3) is 10.0 Å². The van der Waals surface area contributed by atoms with E-state index in [0.717, 1.165) is 31.7 Å². The Kier molecular flexibility index (Phi) is 6.62. The molecular weight excluding hydrogens is 366 g/mol. The van der Waals surface area contributed by atoms with Crippen molar-refractivity contribution >= 4 is 38.1 Å². The molecule has 0 aliphatic heterocycles. The number of rotatable bonds is 8. The van der Waals surface area contributed by atoms with Crippen molar-refractivity contribution in [1.82, 2.24) is 9.88 Å². The van der Waals surface area contributed by atoms with Gasteiger partial charge in [0.1, 0.15) is 0 Å². The lowest BCUT2D eigenvalue weighted by atomic mass is 10.2. The van der Waals surface area contributed by atoms with Gasteiger partial charge >= 0.3 is 0 Å². The predicted molar refractivity (Wildman–Crippen MR) is 101 cm³/mol. The van der Waals surface area contributed by atoms with Gasteiger partial charge in [-0.2, -0.15) is 0 Å². The number of sulfonamides is 1. The fourth-order valence-electron chi connectivity index (χ4n) is 2.33. The molecule has 0 atom stereocenters. The highest BCUT2D eigenvalue weighted by atomic mass is 35.5. The monoisotopic (exact) mass is 387 g/mol. The molecule has 0 unspecified atom stereocenters. The van der Waals surface area contributed by atoms with Crippen molar-refractivity contribution in [1.29, 1.82) is 0 Å². The third-order valence-corrected chi connectivity index (χ3v) is 6.69. The van der Waals surface area contributed by atoms with Gasteiger partial charge in [-0.3, -0.25) is 4.72 Å². The molecule has 1 N–H and O–H groups in total. The first-order valence-electron chi connectivity index (χ1n) is 7.82. The molecule has 5 nitrogen and oxygen atoms in total. The number of halogens is 1. The highest BCUT2D eigenvalue weighted by Crippen LogP contribution is 2.26. The van der Waals surface area contributed by atoms with Crippen LogP contribution in [-0.2, 0) is 16.4 Å². The molecule has 2 aromatic rings. The minimum absolute atomic E-state index is 0.176. The number of nitrogens with one attached hydrogen (secondary N) is 1. The van der Waals surface area contributed by atoms with E-state index >= 15 is 0 Å². The second kappa shape index (κ2) is 8.29. The van der Waals surface area contributed by atoms with Crippen LogP contribution in [0, 0.1) is 6.92 Å². The van der Waals surface area contributed by atoms with Crippen LogP contribution in [0.25, 0.3) is 0 Å². The number of hydrogen-bond acceptors (Lipinski definition) is 5. The van der Waals surface area contributed by atoms with E-state index in [9.17, 15) is 8.42 Å². The lowest BCUT2D eigenvalue weighted by Gasteiger charge is -2.16. The van der Waals surface area contributed by atoms with Crippen molar-refractivity contribution < 1.29 is 8.42 Å². The first kappa shape index (κ1) is 19.2. The number of hydrogen-bond donors (Lipinski definition) is 1. The summed E-state index contributed by atoms with van der Waals surface area (Å²) in [6.07, 6.45) is 0.802. The normalized spacial score (nSPS) is 11.9. The van der Waals surface area contributed by atoms with Crippen molar-refractivity contribution in [3.8, 4) is 0 Å². The van der Waals surface area contributed by atoms with Crippen LogP contribution in [0.3, 0.4) is 0 Å².